The van der Waals surface area contributed by atoms with Crippen molar-refractivity contribution in [3.8, 4) is 11.8 Å². The highest BCUT2D eigenvalue weighted by Crippen LogP contribution is 2.63. The minimum absolute atomic E-state index is 0.0954. The van der Waals surface area contributed by atoms with Crippen molar-refractivity contribution in [2.75, 3.05) is 11.9 Å². The van der Waals surface area contributed by atoms with E-state index in [4.69, 9.17) is 10.00 Å². The van der Waals surface area contributed by atoms with Crippen LogP contribution in [0.3, 0.4) is 0 Å². The molecule has 0 amide bonds. The summed E-state index contributed by atoms with van der Waals surface area (Å²) in [5.41, 5.74) is 1.83. The van der Waals surface area contributed by atoms with Crippen LogP contribution >= 0.6 is 0 Å². The first-order valence-corrected chi connectivity index (χ1v) is 7.82. The van der Waals surface area contributed by atoms with E-state index in [9.17, 15) is 0 Å². The van der Waals surface area contributed by atoms with Gasteiger partial charge in [-0.1, -0.05) is 26.8 Å². The Morgan fingerprint density at radius 3 is 2.86 bits per heavy atom. The van der Waals surface area contributed by atoms with Crippen molar-refractivity contribution in [3.63, 3.8) is 0 Å². The Labute approximate surface area is 127 Å². The van der Waals surface area contributed by atoms with Crippen molar-refractivity contribution in [3.05, 3.63) is 24.3 Å². The zero-order valence-corrected chi connectivity index (χ0v) is 13.1. The molecule has 2 bridgehead atoms. The maximum atomic E-state index is 8.61. The van der Waals surface area contributed by atoms with Crippen LogP contribution in [0.4, 0.5) is 5.69 Å². The molecule has 0 radical (unpaired) electrons. The van der Waals surface area contributed by atoms with E-state index in [1.165, 1.54) is 19.3 Å². The molecule has 21 heavy (non-hydrogen) atoms. The minimum atomic E-state index is 0.0954. The van der Waals surface area contributed by atoms with Gasteiger partial charge in [0.25, 0.3) is 0 Å². The van der Waals surface area contributed by atoms with Crippen molar-refractivity contribution in [1.29, 1.82) is 5.26 Å². The summed E-state index contributed by atoms with van der Waals surface area (Å²) in [5.74, 6) is 1.59. The predicted molar refractivity (Wildman–Crippen MR) is 84.2 cm³/mol. The summed E-state index contributed by atoms with van der Waals surface area (Å²) in [6.45, 7) is 7.32. The van der Waals surface area contributed by atoms with E-state index in [1.54, 1.807) is 0 Å². The van der Waals surface area contributed by atoms with Gasteiger partial charge in [0.15, 0.2) is 6.61 Å². The molecule has 2 aliphatic rings. The molecule has 112 valence electrons. The molecule has 2 aliphatic carbocycles. The normalized spacial score (nSPS) is 32.7. The molecule has 3 rings (SSSR count). The highest BCUT2D eigenvalue weighted by atomic mass is 16.5. The molecule has 1 aromatic rings. The number of anilines is 1. The third-order valence-electron chi connectivity index (χ3n) is 5.72. The number of hydrogen-bond donors (Lipinski definition) is 1. The van der Waals surface area contributed by atoms with Gasteiger partial charge in [-0.15, -0.1) is 0 Å². The van der Waals surface area contributed by atoms with Gasteiger partial charge in [-0.25, -0.2) is 0 Å². The second kappa shape index (κ2) is 4.94. The monoisotopic (exact) mass is 284 g/mol. The van der Waals surface area contributed by atoms with Gasteiger partial charge in [-0.2, -0.15) is 5.26 Å². The number of nitriles is 1. The standard InChI is InChI=1S/C18H24N2O/c1-17(2)13-7-8-18(3,12-13)16(17)20-14-5-4-6-15(11-14)21-10-9-19/h4-6,11,13,16,20H,7-8,10,12H2,1-3H3/t13-,16?,18+/m0/s1. The molecule has 1 unspecified atom stereocenters. The van der Waals surface area contributed by atoms with E-state index in [0.29, 0.717) is 16.9 Å². The number of rotatable bonds is 4. The van der Waals surface area contributed by atoms with E-state index >= 15 is 0 Å². The molecule has 0 spiro atoms. The lowest BCUT2D eigenvalue weighted by molar-refractivity contribution is 0.155. The Morgan fingerprint density at radius 1 is 1.38 bits per heavy atom. The van der Waals surface area contributed by atoms with Crippen LogP contribution in [-0.4, -0.2) is 12.6 Å². The van der Waals surface area contributed by atoms with Crippen molar-refractivity contribution in [2.24, 2.45) is 16.7 Å². The second-order valence-corrected chi connectivity index (χ2v) is 7.47. The van der Waals surface area contributed by atoms with Crippen molar-refractivity contribution < 1.29 is 4.74 Å². The average Bonchev–Trinajstić information content (AvgIpc) is 2.93. The zero-order valence-electron chi connectivity index (χ0n) is 13.1. The smallest absolute Gasteiger partial charge is 0.174 e. The molecule has 3 heteroatoms. The average molecular weight is 284 g/mol. The Morgan fingerprint density at radius 2 is 2.19 bits per heavy atom. The van der Waals surface area contributed by atoms with Crippen LogP contribution in [0.5, 0.6) is 5.75 Å². The van der Waals surface area contributed by atoms with Crippen LogP contribution in [-0.2, 0) is 0 Å². The van der Waals surface area contributed by atoms with E-state index in [1.807, 2.05) is 24.3 Å². The van der Waals surface area contributed by atoms with Gasteiger partial charge in [0.2, 0.25) is 0 Å². The van der Waals surface area contributed by atoms with E-state index in [0.717, 1.165) is 17.4 Å². The van der Waals surface area contributed by atoms with Crippen molar-refractivity contribution in [2.45, 2.75) is 46.1 Å². The van der Waals surface area contributed by atoms with Gasteiger partial charge < -0.3 is 10.1 Å². The number of ether oxygens (including phenoxy) is 1. The van der Waals surface area contributed by atoms with Gasteiger partial charge in [-0.3, -0.25) is 0 Å². The van der Waals surface area contributed by atoms with Crippen molar-refractivity contribution in [1.82, 2.24) is 0 Å². The van der Waals surface area contributed by atoms with E-state index in [-0.39, 0.29) is 6.61 Å². The SMILES string of the molecule is CC1(C)C(Nc2cccc(OCC#N)c2)[C@]2(C)CC[C@H]1C2. The predicted octanol–water partition coefficient (Wildman–Crippen LogP) is 4.22. The second-order valence-electron chi connectivity index (χ2n) is 7.47. The third kappa shape index (κ3) is 2.37. The fourth-order valence-corrected chi connectivity index (χ4v) is 4.62. The molecule has 3 atom stereocenters. The largest absolute Gasteiger partial charge is 0.479 e. The summed E-state index contributed by atoms with van der Waals surface area (Å²) >= 11 is 0. The van der Waals surface area contributed by atoms with Crippen LogP contribution in [0.25, 0.3) is 0 Å². The summed E-state index contributed by atoms with van der Waals surface area (Å²) in [6, 6.07) is 10.5. The summed E-state index contributed by atoms with van der Waals surface area (Å²) in [6.07, 6.45) is 4.03. The topological polar surface area (TPSA) is 45.0 Å². The lowest BCUT2D eigenvalue weighted by Crippen LogP contribution is -2.45. The fraction of sp³-hybridized carbons (Fsp3) is 0.611. The number of nitrogens with one attached hydrogen (secondary N) is 1. The summed E-state index contributed by atoms with van der Waals surface area (Å²) in [4.78, 5) is 0. The Balaban J connectivity index is 1.79. The molecular formula is C18H24N2O. The third-order valence-corrected chi connectivity index (χ3v) is 5.72. The van der Waals surface area contributed by atoms with Gasteiger partial charge in [0.05, 0.1) is 0 Å². The Bertz CT molecular complexity index is 570. The first kappa shape index (κ1) is 14.3. The number of benzene rings is 1. The molecule has 0 aliphatic heterocycles. The first-order chi connectivity index (χ1) is 9.95. The van der Waals surface area contributed by atoms with E-state index < -0.39 is 0 Å². The van der Waals surface area contributed by atoms with Crippen LogP contribution in [0.15, 0.2) is 24.3 Å². The Kier molecular flexibility index (Phi) is 3.36. The molecular weight excluding hydrogens is 260 g/mol. The summed E-state index contributed by atoms with van der Waals surface area (Å²) in [5, 5.41) is 12.4. The van der Waals surface area contributed by atoms with Gasteiger partial charge in [0.1, 0.15) is 11.8 Å². The number of hydrogen-bond acceptors (Lipinski definition) is 3. The summed E-state index contributed by atoms with van der Waals surface area (Å²) in [7, 11) is 0. The minimum Gasteiger partial charge on any atom is -0.479 e. The molecule has 0 heterocycles. The molecule has 2 fully saturated rings. The number of fused-ring (bicyclic) bond motifs is 2. The molecule has 1 N–H and O–H groups in total. The first-order valence-electron chi connectivity index (χ1n) is 7.82. The van der Waals surface area contributed by atoms with Crippen LogP contribution in [0, 0.1) is 28.1 Å². The van der Waals surface area contributed by atoms with Crippen molar-refractivity contribution >= 4 is 5.69 Å². The lowest BCUT2D eigenvalue weighted by Gasteiger charge is -2.43. The van der Waals surface area contributed by atoms with Gasteiger partial charge >= 0.3 is 0 Å². The highest BCUT2D eigenvalue weighted by Gasteiger charge is 2.59. The maximum Gasteiger partial charge on any atom is 0.174 e. The lowest BCUT2D eigenvalue weighted by atomic mass is 9.68. The zero-order chi connectivity index (χ0) is 15.1. The summed E-state index contributed by atoms with van der Waals surface area (Å²) < 4.78 is 5.40. The van der Waals surface area contributed by atoms with Gasteiger partial charge in [0, 0.05) is 17.8 Å². The fourth-order valence-electron chi connectivity index (χ4n) is 4.62. The molecule has 0 aromatic heterocycles. The Hall–Kier alpha value is -1.69. The van der Waals surface area contributed by atoms with E-state index in [2.05, 4.69) is 32.2 Å². The molecule has 3 nitrogen and oxygen atoms in total. The maximum absolute atomic E-state index is 8.61. The molecule has 2 saturated carbocycles. The van der Waals surface area contributed by atoms with Crippen LogP contribution < -0.4 is 10.1 Å². The molecule has 0 saturated heterocycles. The molecule has 1 aromatic carbocycles. The van der Waals surface area contributed by atoms with Crippen LogP contribution in [0.2, 0.25) is 0 Å². The van der Waals surface area contributed by atoms with Crippen LogP contribution in [0.1, 0.15) is 40.0 Å². The van der Waals surface area contributed by atoms with Gasteiger partial charge in [-0.05, 0) is 48.1 Å². The highest BCUT2D eigenvalue weighted by molar-refractivity contribution is 5.50. The quantitative estimate of drug-likeness (QED) is 0.900. The number of nitrogens with zero attached hydrogens (tertiary/aromatic N) is 1.